The summed E-state index contributed by atoms with van der Waals surface area (Å²) in [7, 11) is 1.76. The molecule has 0 aliphatic heterocycles. The van der Waals surface area contributed by atoms with Crippen molar-refractivity contribution in [3.05, 3.63) is 77.3 Å². The zero-order valence-corrected chi connectivity index (χ0v) is 17.3. The van der Waals surface area contributed by atoms with Crippen LogP contribution in [0.4, 0.5) is 0 Å². The molecular formula is C21H18ClN5OS. The van der Waals surface area contributed by atoms with Crippen molar-refractivity contribution in [2.24, 2.45) is 0 Å². The number of rotatable bonds is 6. The lowest BCUT2D eigenvalue weighted by molar-refractivity contribution is 0.0804. The maximum Gasteiger partial charge on any atom is 0.255 e. The zero-order chi connectivity index (χ0) is 20.2. The Kier molecular flexibility index (Phi) is 5.78. The van der Waals surface area contributed by atoms with Crippen LogP contribution in [0.25, 0.3) is 16.5 Å². The highest BCUT2D eigenvalue weighted by molar-refractivity contribution is 7.99. The summed E-state index contributed by atoms with van der Waals surface area (Å²) in [6, 6.07) is 21.2. The fourth-order valence-corrected chi connectivity index (χ4v) is 4.14. The van der Waals surface area contributed by atoms with E-state index in [2.05, 4.69) is 33.7 Å². The lowest BCUT2D eigenvalue weighted by atomic mass is 10.1. The van der Waals surface area contributed by atoms with Gasteiger partial charge in [0.15, 0.2) is 0 Å². The topological polar surface area (TPSA) is 63.9 Å². The second kappa shape index (κ2) is 8.63. The van der Waals surface area contributed by atoms with E-state index in [1.54, 1.807) is 34.8 Å². The highest BCUT2D eigenvalue weighted by Crippen LogP contribution is 2.25. The number of carbonyl (C=O) groups is 1. The molecule has 0 N–H and O–H groups in total. The normalized spacial score (nSPS) is 11.0. The summed E-state index contributed by atoms with van der Waals surface area (Å²) in [4.78, 5) is 14.2. The van der Waals surface area contributed by atoms with Gasteiger partial charge >= 0.3 is 0 Å². The first-order valence-electron chi connectivity index (χ1n) is 9.04. The monoisotopic (exact) mass is 423 g/mol. The van der Waals surface area contributed by atoms with Gasteiger partial charge in [0.25, 0.3) is 5.91 Å². The molecule has 1 heterocycles. The van der Waals surface area contributed by atoms with Crippen LogP contribution >= 0.6 is 23.4 Å². The van der Waals surface area contributed by atoms with E-state index in [0.717, 1.165) is 16.5 Å². The molecule has 0 aliphatic rings. The summed E-state index contributed by atoms with van der Waals surface area (Å²) in [5.74, 6) is 0.544. The van der Waals surface area contributed by atoms with E-state index in [0.29, 0.717) is 28.0 Å². The van der Waals surface area contributed by atoms with Gasteiger partial charge in [-0.1, -0.05) is 71.9 Å². The van der Waals surface area contributed by atoms with Gasteiger partial charge in [-0.15, -0.1) is 5.10 Å². The molecule has 29 heavy (non-hydrogen) atoms. The zero-order valence-electron chi connectivity index (χ0n) is 15.7. The van der Waals surface area contributed by atoms with Gasteiger partial charge in [-0.05, 0) is 34.0 Å². The molecule has 1 amide bonds. The number of fused-ring (bicyclic) bond motifs is 1. The molecule has 0 fully saturated rings. The van der Waals surface area contributed by atoms with Gasteiger partial charge in [0.1, 0.15) is 0 Å². The molecular weight excluding hydrogens is 406 g/mol. The Bertz CT molecular complexity index is 1160. The molecule has 6 nitrogen and oxygen atoms in total. The van der Waals surface area contributed by atoms with Crippen molar-refractivity contribution in [1.29, 1.82) is 0 Å². The Morgan fingerprint density at radius 2 is 1.83 bits per heavy atom. The summed E-state index contributed by atoms with van der Waals surface area (Å²) in [5, 5.41) is 15.5. The van der Waals surface area contributed by atoms with Crippen LogP contribution in [0.5, 0.6) is 0 Å². The number of halogens is 1. The average Bonchev–Trinajstić information content (AvgIpc) is 3.21. The van der Waals surface area contributed by atoms with Crippen molar-refractivity contribution in [2.45, 2.75) is 5.16 Å². The largest absolute Gasteiger partial charge is 0.341 e. The first-order chi connectivity index (χ1) is 14.1. The molecule has 1 aromatic heterocycles. The molecule has 146 valence electrons. The fraction of sp³-hybridized carbons (Fsp3) is 0.143. The number of benzene rings is 3. The highest BCUT2D eigenvalue weighted by atomic mass is 35.5. The first-order valence-corrected chi connectivity index (χ1v) is 10.4. The third kappa shape index (κ3) is 4.11. The maximum atomic E-state index is 12.6. The van der Waals surface area contributed by atoms with E-state index in [1.807, 2.05) is 30.3 Å². The number of aromatic nitrogens is 4. The van der Waals surface area contributed by atoms with Crippen molar-refractivity contribution in [3.63, 3.8) is 0 Å². The number of amides is 1. The van der Waals surface area contributed by atoms with Crippen LogP contribution < -0.4 is 0 Å². The molecule has 0 aliphatic carbocycles. The van der Waals surface area contributed by atoms with Crippen LogP contribution in [-0.2, 0) is 0 Å². The van der Waals surface area contributed by atoms with Gasteiger partial charge in [0.05, 0.1) is 16.3 Å². The SMILES string of the molecule is CN(CCSc1nnnn1-c1cccc2ccccc12)C(=O)c1ccccc1Cl. The molecule has 0 spiro atoms. The second-order valence-corrected chi connectivity index (χ2v) is 7.90. The van der Waals surface area contributed by atoms with Crippen molar-refractivity contribution in [3.8, 4) is 5.69 Å². The van der Waals surface area contributed by atoms with Gasteiger partial charge < -0.3 is 4.90 Å². The molecule has 0 unspecified atom stereocenters. The van der Waals surface area contributed by atoms with Crippen LogP contribution in [0.1, 0.15) is 10.4 Å². The van der Waals surface area contributed by atoms with Gasteiger partial charge in [-0.25, -0.2) is 0 Å². The predicted molar refractivity (Wildman–Crippen MR) is 116 cm³/mol. The Morgan fingerprint density at radius 1 is 1.07 bits per heavy atom. The van der Waals surface area contributed by atoms with E-state index in [1.165, 1.54) is 11.8 Å². The smallest absolute Gasteiger partial charge is 0.255 e. The second-order valence-electron chi connectivity index (χ2n) is 6.43. The van der Waals surface area contributed by atoms with E-state index >= 15 is 0 Å². The summed E-state index contributed by atoms with van der Waals surface area (Å²) in [5.41, 5.74) is 1.43. The van der Waals surface area contributed by atoms with Gasteiger partial charge in [0.2, 0.25) is 5.16 Å². The summed E-state index contributed by atoms with van der Waals surface area (Å²) >= 11 is 7.63. The van der Waals surface area contributed by atoms with Crippen molar-refractivity contribution >= 4 is 40.0 Å². The van der Waals surface area contributed by atoms with E-state index in [4.69, 9.17) is 11.6 Å². The third-order valence-corrected chi connectivity index (χ3v) is 5.77. The van der Waals surface area contributed by atoms with Gasteiger partial charge in [-0.2, -0.15) is 4.68 Å². The number of thioether (sulfide) groups is 1. The number of carbonyl (C=O) groups excluding carboxylic acids is 1. The fourth-order valence-electron chi connectivity index (χ4n) is 3.03. The van der Waals surface area contributed by atoms with Crippen LogP contribution in [0.3, 0.4) is 0 Å². The Morgan fingerprint density at radius 3 is 2.69 bits per heavy atom. The number of hydrogen-bond acceptors (Lipinski definition) is 5. The van der Waals surface area contributed by atoms with E-state index in [-0.39, 0.29) is 5.91 Å². The molecule has 0 atom stereocenters. The summed E-state index contributed by atoms with van der Waals surface area (Å²) in [6.07, 6.45) is 0. The van der Waals surface area contributed by atoms with Crippen LogP contribution in [0, 0.1) is 0 Å². The lowest BCUT2D eigenvalue weighted by Gasteiger charge is -2.17. The molecule has 4 aromatic rings. The summed E-state index contributed by atoms with van der Waals surface area (Å²) in [6.45, 7) is 0.539. The molecule has 3 aromatic carbocycles. The van der Waals surface area contributed by atoms with Crippen LogP contribution in [0.2, 0.25) is 5.02 Å². The summed E-state index contributed by atoms with van der Waals surface area (Å²) < 4.78 is 1.74. The minimum absolute atomic E-state index is 0.107. The van der Waals surface area contributed by atoms with Gasteiger partial charge in [0, 0.05) is 24.7 Å². The Hall–Kier alpha value is -2.90. The molecule has 0 radical (unpaired) electrons. The van der Waals surface area contributed by atoms with Crippen molar-refractivity contribution in [1.82, 2.24) is 25.1 Å². The van der Waals surface area contributed by atoms with Gasteiger partial charge in [-0.3, -0.25) is 4.79 Å². The average molecular weight is 424 g/mol. The van der Waals surface area contributed by atoms with E-state index in [9.17, 15) is 4.79 Å². The quantitative estimate of drug-likeness (QED) is 0.432. The third-order valence-electron chi connectivity index (χ3n) is 4.54. The first kappa shape index (κ1) is 19.4. The minimum atomic E-state index is -0.107. The van der Waals surface area contributed by atoms with Crippen LogP contribution in [-0.4, -0.2) is 50.4 Å². The highest BCUT2D eigenvalue weighted by Gasteiger charge is 2.16. The number of hydrogen-bond donors (Lipinski definition) is 0. The Labute approximate surface area is 177 Å². The molecule has 0 saturated heterocycles. The molecule has 0 bridgehead atoms. The van der Waals surface area contributed by atoms with Crippen molar-refractivity contribution in [2.75, 3.05) is 19.3 Å². The lowest BCUT2D eigenvalue weighted by Crippen LogP contribution is -2.29. The number of tetrazole rings is 1. The standard InChI is InChI=1S/C21H18ClN5OS/c1-26(20(28)17-10-4-5-11-18(17)22)13-14-29-21-23-24-25-27(21)19-12-6-8-15-7-2-3-9-16(15)19/h2-12H,13-14H2,1H3. The van der Waals surface area contributed by atoms with E-state index < -0.39 is 0 Å². The molecule has 0 saturated carbocycles. The predicted octanol–water partition coefficient (Wildman–Crippen LogP) is 4.33. The number of nitrogens with zero attached hydrogens (tertiary/aromatic N) is 5. The Balaban J connectivity index is 1.46. The van der Waals surface area contributed by atoms with Crippen molar-refractivity contribution < 1.29 is 4.79 Å². The minimum Gasteiger partial charge on any atom is -0.341 e. The maximum absolute atomic E-state index is 12.6. The molecule has 8 heteroatoms. The van der Waals surface area contributed by atoms with Crippen LogP contribution in [0.15, 0.2) is 71.9 Å². The molecule has 4 rings (SSSR count).